The molecule has 0 unspecified atom stereocenters. The van der Waals surface area contributed by atoms with E-state index in [1.54, 1.807) is 0 Å². The molecule has 0 aromatic rings. The second-order valence-electron chi connectivity index (χ2n) is 6.02. The van der Waals surface area contributed by atoms with Crippen LogP contribution in [0.4, 0.5) is 0 Å². The number of aliphatic imine (C=N–C) groups is 1. The van der Waals surface area contributed by atoms with Crippen molar-refractivity contribution in [3.63, 3.8) is 0 Å². The molecule has 17 heavy (non-hydrogen) atoms. The Labute approximate surface area is 104 Å². The van der Waals surface area contributed by atoms with Crippen LogP contribution in [-0.4, -0.2) is 23.7 Å². The van der Waals surface area contributed by atoms with Crippen LogP contribution in [0.25, 0.3) is 0 Å². The predicted octanol–water partition coefficient (Wildman–Crippen LogP) is 2.72. The van der Waals surface area contributed by atoms with Gasteiger partial charge in [0.2, 0.25) is 0 Å². The molecule has 0 heterocycles. The Kier molecular flexibility index (Phi) is 4.12. The van der Waals surface area contributed by atoms with E-state index in [0.717, 1.165) is 17.7 Å². The Morgan fingerprint density at radius 1 is 1.35 bits per heavy atom. The van der Waals surface area contributed by atoms with Gasteiger partial charge in [0.05, 0.1) is 5.57 Å². The van der Waals surface area contributed by atoms with Crippen LogP contribution in [0.3, 0.4) is 0 Å². The van der Waals surface area contributed by atoms with E-state index < -0.39 is 0 Å². The molecule has 3 nitrogen and oxygen atoms in total. The molecule has 1 amide bonds. The molecule has 0 aromatic heterocycles. The van der Waals surface area contributed by atoms with Crippen LogP contribution >= 0.6 is 0 Å². The number of hydrogen-bond acceptors (Lipinski definition) is 2. The number of nitrogens with one attached hydrogen (secondary N) is 1. The van der Waals surface area contributed by atoms with E-state index in [0.29, 0.717) is 0 Å². The maximum absolute atomic E-state index is 12.1. The van der Waals surface area contributed by atoms with E-state index in [1.807, 2.05) is 33.8 Å². The van der Waals surface area contributed by atoms with Gasteiger partial charge in [-0.05, 0) is 39.5 Å². The summed E-state index contributed by atoms with van der Waals surface area (Å²) in [6.07, 6.45) is 2.90. The Bertz CT molecular complexity index is 362. The zero-order valence-electron chi connectivity index (χ0n) is 11.8. The molecule has 0 aromatic carbocycles. The first-order valence-electron chi connectivity index (χ1n) is 6.32. The van der Waals surface area contributed by atoms with Crippen LogP contribution in [0.1, 0.15) is 48.0 Å². The number of hydrogen-bond donors (Lipinski definition) is 1. The second-order valence-corrected chi connectivity index (χ2v) is 6.02. The smallest absolute Gasteiger partial charge is 0.253 e. The van der Waals surface area contributed by atoms with Gasteiger partial charge in [-0.3, -0.25) is 9.79 Å². The number of carbonyl (C=O) groups is 1. The highest BCUT2D eigenvalue weighted by molar-refractivity contribution is 6.23. The lowest BCUT2D eigenvalue weighted by molar-refractivity contribution is -0.117. The average Bonchev–Trinajstić information content (AvgIpc) is 2.38. The molecule has 1 rings (SSSR count). The summed E-state index contributed by atoms with van der Waals surface area (Å²) in [5.74, 6) is 0.00461. The van der Waals surface area contributed by atoms with Gasteiger partial charge in [-0.25, -0.2) is 0 Å². The van der Waals surface area contributed by atoms with Gasteiger partial charge in [-0.15, -0.1) is 0 Å². The largest absolute Gasteiger partial charge is 0.350 e. The minimum Gasteiger partial charge on any atom is -0.350 e. The lowest BCUT2D eigenvalue weighted by Crippen LogP contribution is -2.33. The Balaban J connectivity index is 2.96. The van der Waals surface area contributed by atoms with Crippen LogP contribution in [-0.2, 0) is 4.79 Å². The fourth-order valence-electron chi connectivity index (χ4n) is 2.02. The molecule has 96 valence electrons. The average molecular weight is 236 g/mol. The number of carbonyl (C=O) groups excluding carboxylic acids is 1. The molecule has 0 spiro atoms. The van der Waals surface area contributed by atoms with Gasteiger partial charge >= 0.3 is 0 Å². The maximum atomic E-state index is 12.1. The normalized spacial score (nSPS) is 21.2. The van der Waals surface area contributed by atoms with Crippen molar-refractivity contribution in [2.24, 2.45) is 10.4 Å². The third-order valence-electron chi connectivity index (χ3n) is 2.55. The second kappa shape index (κ2) is 5.03. The quantitative estimate of drug-likeness (QED) is 0.804. The van der Waals surface area contributed by atoms with Gasteiger partial charge in [-0.2, -0.15) is 0 Å². The fourth-order valence-corrected chi connectivity index (χ4v) is 2.02. The number of allylic oxidation sites excluding steroid dienone is 1. The van der Waals surface area contributed by atoms with Gasteiger partial charge in [0, 0.05) is 17.8 Å². The summed E-state index contributed by atoms with van der Waals surface area (Å²) < 4.78 is 0. The van der Waals surface area contributed by atoms with Gasteiger partial charge in [0.15, 0.2) is 0 Å². The Morgan fingerprint density at radius 2 is 1.94 bits per heavy atom. The lowest BCUT2D eigenvalue weighted by Gasteiger charge is -2.13. The van der Waals surface area contributed by atoms with Gasteiger partial charge in [0.25, 0.3) is 5.91 Å². The van der Waals surface area contributed by atoms with Crippen LogP contribution in [0.15, 0.2) is 16.6 Å². The first-order chi connectivity index (χ1) is 7.71. The monoisotopic (exact) mass is 236 g/mol. The van der Waals surface area contributed by atoms with Crippen molar-refractivity contribution in [1.29, 1.82) is 0 Å². The molecule has 0 bridgehead atoms. The molecule has 0 radical (unpaired) electrons. The van der Waals surface area contributed by atoms with Crippen molar-refractivity contribution in [3.8, 4) is 0 Å². The molecule has 1 aliphatic carbocycles. The van der Waals surface area contributed by atoms with Crippen molar-refractivity contribution in [2.45, 2.75) is 60.0 Å². The zero-order chi connectivity index (χ0) is 13.2. The Hall–Kier alpha value is -1.12. The minimum atomic E-state index is 0.00461. The summed E-state index contributed by atoms with van der Waals surface area (Å²) in [6.45, 7) is 12.3. The van der Waals surface area contributed by atoms with E-state index in [4.69, 9.17) is 0 Å². The van der Waals surface area contributed by atoms with Crippen LogP contribution < -0.4 is 5.32 Å². The summed E-state index contributed by atoms with van der Waals surface area (Å²) in [5, 5.41) is 2.94. The molecule has 0 atom stereocenters. The number of rotatable bonds is 3. The standard InChI is InChI=1S/C14H24N2O/c1-9(2)15-12-8-14(5,6)7-11(12)13(17)16-10(3)4/h7,9-10H,8H2,1-6H3,(H,16,17). The number of nitrogens with zero attached hydrogens (tertiary/aromatic N) is 1. The fraction of sp³-hybridized carbons (Fsp3) is 0.714. The van der Waals surface area contributed by atoms with E-state index in [-0.39, 0.29) is 23.4 Å². The van der Waals surface area contributed by atoms with Crippen molar-refractivity contribution in [3.05, 3.63) is 11.6 Å². The molecule has 0 aliphatic heterocycles. The van der Waals surface area contributed by atoms with Gasteiger partial charge in [-0.1, -0.05) is 19.9 Å². The van der Waals surface area contributed by atoms with E-state index >= 15 is 0 Å². The third kappa shape index (κ3) is 3.99. The van der Waals surface area contributed by atoms with Crippen LogP contribution in [0.2, 0.25) is 0 Å². The molecular formula is C14H24N2O. The summed E-state index contributed by atoms with van der Waals surface area (Å²) in [4.78, 5) is 16.6. The molecule has 3 heteroatoms. The highest BCUT2D eigenvalue weighted by atomic mass is 16.1. The van der Waals surface area contributed by atoms with Crippen molar-refractivity contribution in [2.75, 3.05) is 0 Å². The number of amides is 1. The first kappa shape index (κ1) is 13.9. The SMILES string of the molecule is CC(C)N=C1CC(C)(C)C=C1C(=O)NC(C)C. The van der Waals surface area contributed by atoms with E-state index in [2.05, 4.69) is 24.2 Å². The minimum absolute atomic E-state index is 0.00461. The summed E-state index contributed by atoms with van der Waals surface area (Å²) in [6, 6.07) is 0.390. The van der Waals surface area contributed by atoms with Crippen LogP contribution in [0, 0.1) is 5.41 Å². The zero-order valence-corrected chi connectivity index (χ0v) is 11.8. The molecular weight excluding hydrogens is 212 g/mol. The van der Waals surface area contributed by atoms with Crippen molar-refractivity contribution in [1.82, 2.24) is 5.32 Å². The third-order valence-corrected chi connectivity index (χ3v) is 2.55. The first-order valence-corrected chi connectivity index (χ1v) is 6.32. The Morgan fingerprint density at radius 3 is 2.41 bits per heavy atom. The molecule has 0 fully saturated rings. The molecule has 1 N–H and O–H groups in total. The van der Waals surface area contributed by atoms with Crippen LogP contribution in [0.5, 0.6) is 0 Å². The summed E-state index contributed by atoms with van der Waals surface area (Å²) >= 11 is 0. The van der Waals surface area contributed by atoms with Crippen molar-refractivity contribution >= 4 is 11.6 Å². The van der Waals surface area contributed by atoms with E-state index in [1.165, 1.54) is 0 Å². The lowest BCUT2D eigenvalue weighted by atomic mass is 9.93. The molecule has 0 saturated carbocycles. The highest BCUT2D eigenvalue weighted by Crippen LogP contribution is 2.33. The van der Waals surface area contributed by atoms with Crippen molar-refractivity contribution < 1.29 is 4.79 Å². The summed E-state index contributed by atoms with van der Waals surface area (Å²) in [7, 11) is 0. The van der Waals surface area contributed by atoms with Gasteiger partial charge in [0.1, 0.15) is 0 Å². The topological polar surface area (TPSA) is 41.5 Å². The maximum Gasteiger partial charge on any atom is 0.253 e. The van der Waals surface area contributed by atoms with E-state index in [9.17, 15) is 4.79 Å². The summed E-state index contributed by atoms with van der Waals surface area (Å²) in [5.41, 5.74) is 1.75. The highest BCUT2D eigenvalue weighted by Gasteiger charge is 2.32. The molecule has 1 aliphatic rings. The molecule has 0 saturated heterocycles. The predicted molar refractivity (Wildman–Crippen MR) is 72.3 cm³/mol. The van der Waals surface area contributed by atoms with Gasteiger partial charge < -0.3 is 5.32 Å².